The van der Waals surface area contributed by atoms with Crippen molar-refractivity contribution in [2.75, 3.05) is 12.4 Å². The van der Waals surface area contributed by atoms with Crippen LogP contribution in [0.15, 0.2) is 78.9 Å². The maximum Gasteiger partial charge on any atom is 0.416 e. The maximum absolute atomic E-state index is 13.1. The molecule has 0 aliphatic heterocycles. The number of carbonyl (C=O) groups excluding carboxylic acids is 2. The lowest BCUT2D eigenvalue weighted by atomic mass is 10.1. The predicted octanol–water partition coefficient (Wildman–Crippen LogP) is 5.96. The fourth-order valence-electron chi connectivity index (χ4n) is 3.16. The molecule has 0 spiro atoms. The second-order valence-corrected chi connectivity index (χ2v) is 7.38. The minimum Gasteiger partial charge on any atom is -0.495 e. The minimum atomic E-state index is -4.50. The van der Waals surface area contributed by atoms with Gasteiger partial charge in [0.2, 0.25) is 6.10 Å². The van der Waals surface area contributed by atoms with Crippen LogP contribution in [0, 0.1) is 6.92 Å². The smallest absolute Gasteiger partial charge is 0.416 e. The van der Waals surface area contributed by atoms with E-state index in [0.29, 0.717) is 17.0 Å². The van der Waals surface area contributed by atoms with E-state index >= 15 is 0 Å². The van der Waals surface area contributed by atoms with Crippen molar-refractivity contribution in [1.82, 2.24) is 0 Å². The van der Waals surface area contributed by atoms with Gasteiger partial charge < -0.3 is 14.8 Å². The van der Waals surface area contributed by atoms with Crippen LogP contribution in [0.1, 0.15) is 28.4 Å². The highest BCUT2D eigenvalue weighted by Gasteiger charge is 2.30. The van der Waals surface area contributed by atoms with Gasteiger partial charge in [0.05, 0.1) is 18.4 Å². The average Bonchev–Trinajstić information content (AvgIpc) is 2.81. The third-order valence-electron chi connectivity index (χ3n) is 4.81. The molecule has 0 heterocycles. The number of anilines is 1. The summed E-state index contributed by atoms with van der Waals surface area (Å²) in [4.78, 5) is 25.5. The molecular weight excluding hydrogens is 447 g/mol. The molecule has 8 heteroatoms. The Kier molecular flexibility index (Phi) is 7.73. The molecule has 3 aromatic carbocycles. The molecule has 1 atom stereocenters. The van der Waals surface area contributed by atoms with Crippen LogP contribution in [0.5, 0.6) is 5.75 Å². The minimum absolute atomic E-state index is 0.164. The fraction of sp³-hybridized carbons (Fsp3) is 0.154. The molecule has 0 aliphatic carbocycles. The summed E-state index contributed by atoms with van der Waals surface area (Å²) < 4.78 is 49.4. The fourth-order valence-corrected chi connectivity index (χ4v) is 3.16. The Morgan fingerprint density at radius 3 is 2.38 bits per heavy atom. The van der Waals surface area contributed by atoms with Crippen LogP contribution >= 0.6 is 0 Å². The van der Waals surface area contributed by atoms with Gasteiger partial charge in [0, 0.05) is 11.6 Å². The monoisotopic (exact) mass is 469 g/mol. The number of halogens is 3. The van der Waals surface area contributed by atoms with Crippen molar-refractivity contribution in [2.45, 2.75) is 19.2 Å². The number of alkyl halides is 3. The first kappa shape index (κ1) is 24.6. The number of methoxy groups -OCH3 is 1. The zero-order valence-corrected chi connectivity index (χ0v) is 18.4. The van der Waals surface area contributed by atoms with Gasteiger partial charge in [-0.15, -0.1) is 0 Å². The molecule has 3 aromatic rings. The largest absolute Gasteiger partial charge is 0.495 e. The van der Waals surface area contributed by atoms with Gasteiger partial charge in [-0.05, 0) is 48.4 Å². The summed E-state index contributed by atoms with van der Waals surface area (Å²) in [6.45, 7) is 1.85. The summed E-state index contributed by atoms with van der Waals surface area (Å²) in [5.74, 6) is -1.07. The Labute approximate surface area is 194 Å². The van der Waals surface area contributed by atoms with Crippen molar-refractivity contribution in [2.24, 2.45) is 0 Å². The molecule has 0 saturated carbocycles. The Bertz CT molecular complexity index is 1190. The van der Waals surface area contributed by atoms with Gasteiger partial charge in [-0.1, -0.05) is 48.5 Å². The van der Waals surface area contributed by atoms with Crippen molar-refractivity contribution in [1.29, 1.82) is 0 Å². The van der Waals surface area contributed by atoms with Gasteiger partial charge in [0.25, 0.3) is 5.91 Å². The van der Waals surface area contributed by atoms with E-state index in [2.05, 4.69) is 5.32 Å². The van der Waals surface area contributed by atoms with Crippen molar-refractivity contribution in [3.63, 3.8) is 0 Å². The Morgan fingerprint density at radius 1 is 0.971 bits per heavy atom. The number of nitrogens with one attached hydrogen (secondary N) is 1. The lowest BCUT2D eigenvalue weighted by molar-refractivity contribution is -0.149. The predicted molar refractivity (Wildman–Crippen MR) is 122 cm³/mol. The first-order chi connectivity index (χ1) is 16.2. The third-order valence-corrected chi connectivity index (χ3v) is 4.81. The molecule has 0 fully saturated rings. The summed E-state index contributed by atoms with van der Waals surface area (Å²) >= 11 is 0. The van der Waals surface area contributed by atoms with Crippen molar-refractivity contribution < 1.29 is 32.2 Å². The van der Waals surface area contributed by atoms with Crippen LogP contribution in [0.4, 0.5) is 18.9 Å². The van der Waals surface area contributed by atoms with E-state index in [1.165, 1.54) is 25.3 Å². The zero-order chi connectivity index (χ0) is 24.7. The van der Waals surface area contributed by atoms with Crippen LogP contribution < -0.4 is 10.1 Å². The molecule has 1 unspecified atom stereocenters. The van der Waals surface area contributed by atoms with E-state index in [9.17, 15) is 22.8 Å². The number of hydrogen-bond acceptors (Lipinski definition) is 4. The molecule has 1 N–H and O–H groups in total. The summed E-state index contributed by atoms with van der Waals surface area (Å²) in [6.07, 6.45) is -3.63. The van der Waals surface area contributed by atoms with Crippen LogP contribution in [0.2, 0.25) is 0 Å². The molecule has 1 amide bonds. The maximum atomic E-state index is 13.1. The number of benzene rings is 3. The Morgan fingerprint density at radius 2 is 1.71 bits per heavy atom. The second kappa shape index (κ2) is 10.7. The van der Waals surface area contributed by atoms with Gasteiger partial charge in [-0.2, -0.15) is 13.2 Å². The number of amides is 1. The van der Waals surface area contributed by atoms with E-state index in [1.54, 1.807) is 42.5 Å². The van der Waals surface area contributed by atoms with Gasteiger partial charge in [0.15, 0.2) is 0 Å². The molecule has 176 valence electrons. The summed E-state index contributed by atoms with van der Waals surface area (Å²) in [5.41, 5.74) is 1.04. The molecule has 5 nitrogen and oxygen atoms in total. The Hall–Kier alpha value is -4.07. The van der Waals surface area contributed by atoms with Gasteiger partial charge in [-0.3, -0.25) is 4.79 Å². The van der Waals surface area contributed by atoms with E-state index < -0.39 is 29.7 Å². The van der Waals surface area contributed by atoms with Crippen LogP contribution in [-0.2, 0) is 20.5 Å². The molecular formula is C26H22F3NO4. The van der Waals surface area contributed by atoms with Crippen molar-refractivity contribution in [3.05, 3.63) is 101 Å². The molecule has 0 aliphatic rings. The first-order valence-electron chi connectivity index (χ1n) is 10.2. The average molecular weight is 469 g/mol. The molecule has 0 aromatic heterocycles. The van der Waals surface area contributed by atoms with Crippen LogP contribution in [0.3, 0.4) is 0 Å². The second-order valence-electron chi connectivity index (χ2n) is 7.38. The SMILES string of the molecule is COc1ccc(C)cc1NC(=O)C(OC(=O)C=Cc1cccc(C(F)(F)F)c1)c1ccccc1. The number of rotatable bonds is 7. The van der Waals surface area contributed by atoms with Gasteiger partial charge >= 0.3 is 12.1 Å². The van der Waals surface area contributed by atoms with Gasteiger partial charge in [-0.25, -0.2) is 4.79 Å². The number of hydrogen-bond donors (Lipinski definition) is 1. The lowest BCUT2D eigenvalue weighted by Gasteiger charge is -2.18. The highest BCUT2D eigenvalue weighted by molar-refractivity contribution is 5.98. The molecule has 0 bridgehead atoms. The first-order valence-corrected chi connectivity index (χ1v) is 10.2. The van der Waals surface area contributed by atoms with Crippen molar-refractivity contribution >= 4 is 23.6 Å². The quantitative estimate of drug-likeness (QED) is 0.343. The molecule has 0 saturated heterocycles. The number of ether oxygens (including phenoxy) is 2. The standard InChI is InChI=1S/C26H22F3NO4/c1-17-11-13-22(33-2)21(15-17)30-25(32)24(19-8-4-3-5-9-19)34-23(31)14-12-18-7-6-10-20(16-18)26(27,28)29/h3-16,24H,1-2H3,(H,30,32). The number of aryl methyl sites for hydroxylation is 1. The lowest BCUT2D eigenvalue weighted by Crippen LogP contribution is -2.25. The molecule has 0 radical (unpaired) electrons. The van der Waals surface area contributed by atoms with Crippen LogP contribution in [-0.4, -0.2) is 19.0 Å². The Balaban J connectivity index is 1.81. The highest BCUT2D eigenvalue weighted by atomic mass is 19.4. The number of carbonyl (C=O) groups is 2. The summed E-state index contributed by atoms with van der Waals surface area (Å²) in [5, 5.41) is 2.71. The zero-order valence-electron chi connectivity index (χ0n) is 18.4. The van der Waals surface area contributed by atoms with Crippen molar-refractivity contribution in [3.8, 4) is 5.75 Å². The van der Waals surface area contributed by atoms with E-state index in [0.717, 1.165) is 23.8 Å². The van der Waals surface area contributed by atoms with E-state index in [1.807, 2.05) is 13.0 Å². The highest BCUT2D eigenvalue weighted by Crippen LogP contribution is 2.30. The number of esters is 1. The summed E-state index contributed by atoms with van der Waals surface area (Å²) in [7, 11) is 1.47. The summed E-state index contributed by atoms with van der Waals surface area (Å²) in [6, 6.07) is 18.1. The van der Waals surface area contributed by atoms with Gasteiger partial charge in [0.1, 0.15) is 5.75 Å². The van der Waals surface area contributed by atoms with E-state index in [-0.39, 0.29) is 5.56 Å². The van der Waals surface area contributed by atoms with Crippen LogP contribution in [0.25, 0.3) is 6.08 Å². The normalized spacial score (nSPS) is 12.3. The molecule has 34 heavy (non-hydrogen) atoms. The van der Waals surface area contributed by atoms with E-state index in [4.69, 9.17) is 9.47 Å². The third kappa shape index (κ3) is 6.48. The molecule has 3 rings (SSSR count). The topological polar surface area (TPSA) is 64.6 Å².